The van der Waals surface area contributed by atoms with Crippen LogP contribution in [0, 0.1) is 11.3 Å². The molecule has 17 heavy (non-hydrogen) atoms. The smallest absolute Gasteiger partial charge is 0.341 e. The molecular formula is C11H8N4O2. The fourth-order valence-corrected chi connectivity index (χ4v) is 1.47. The lowest BCUT2D eigenvalue weighted by Gasteiger charge is -2.05. The fourth-order valence-electron chi connectivity index (χ4n) is 1.47. The number of hydrogen-bond donors (Lipinski definition) is 2. The van der Waals surface area contributed by atoms with Gasteiger partial charge in [0.05, 0.1) is 17.4 Å². The highest BCUT2D eigenvalue weighted by molar-refractivity contribution is 5.92. The van der Waals surface area contributed by atoms with Gasteiger partial charge in [0.25, 0.3) is 0 Å². The molecular weight excluding hydrogens is 220 g/mol. The molecule has 0 aliphatic rings. The van der Waals surface area contributed by atoms with Gasteiger partial charge in [-0.25, -0.2) is 9.48 Å². The Labute approximate surface area is 96.5 Å². The van der Waals surface area contributed by atoms with Gasteiger partial charge in [0, 0.05) is 0 Å². The van der Waals surface area contributed by atoms with E-state index in [1.165, 1.54) is 4.68 Å². The Hall–Kier alpha value is -2.81. The maximum Gasteiger partial charge on any atom is 0.341 e. The first-order valence-corrected chi connectivity index (χ1v) is 4.71. The van der Waals surface area contributed by atoms with Crippen molar-refractivity contribution in [1.29, 1.82) is 5.26 Å². The maximum absolute atomic E-state index is 10.8. The highest BCUT2D eigenvalue weighted by Gasteiger charge is 2.16. The van der Waals surface area contributed by atoms with Gasteiger partial charge in [-0.05, 0) is 12.1 Å². The quantitative estimate of drug-likeness (QED) is 0.798. The van der Waals surface area contributed by atoms with Gasteiger partial charge >= 0.3 is 5.97 Å². The van der Waals surface area contributed by atoms with E-state index >= 15 is 0 Å². The summed E-state index contributed by atoms with van der Waals surface area (Å²) in [5, 5.41) is 21.7. The minimum absolute atomic E-state index is 0.000185. The number of nitrogens with zero attached hydrogens (tertiary/aromatic N) is 3. The molecule has 0 amide bonds. The van der Waals surface area contributed by atoms with Crippen LogP contribution in [-0.4, -0.2) is 20.9 Å². The second-order valence-electron chi connectivity index (χ2n) is 3.29. The molecule has 1 heterocycles. The summed E-state index contributed by atoms with van der Waals surface area (Å²) in [5.74, 6) is -1.15. The van der Waals surface area contributed by atoms with Crippen molar-refractivity contribution in [2.75, 3.05) is 5.73 Å². The molecule has 1 aromatic carbocycles. The third kappa shape index (κ3) is 1.70. The molecule has 6 nitrogen and oxygen atoms in total. The van der Waals surface area contributed by atoms with Crippen LogP contribution in [0.5, 0.6) is 0 Å². The Bertz CT molecular complexity index is 625. The van der Waals surface area contributed by atoms with Crippen molar-refractivity contribution < 1.29 is 9.90 Å². The molecule has 0 saturated carbocycles. The summed E-state index contributed by atoms with van der Waals surface area (Å²) in [5.41, 5.74) is 6.42. The first-order chi connectivity index (χ1) is 8.15. The summed E-state index contributed by atoms with van der Waals surface area (Å²) >= 11 is 0. The van der Waals surface area contributed by atoms with Crippen LogP contribution in [0.25, 0.3) is 5.69 Å². The van der Waals surface area contributed by atoms with Crippen LogP contribution < -0.4 is 5.73 Å². The number of carboxylic acid groups (broad SMARTS) is 1. The van der Waals surface area contributed by atoms with Crippen LogP contribution in [0.15, 0.2) is 30.5 Å². The topological polar surface area (TPSA) is 105 Å². The summed E-state index contributed by atoms with van der Waals surface area (Å²) < 4.78 is 1.24. The average molecular weight is 228 g/mol. The van der Waals surface area contributed by atoms with Crippen LogP contribution in [0.2, 0.25) is 0 Å². The van der Waals surface area contributed by atoms with E-state index in [2.05, 4.69) is 5.10 Å². The summed E-state index contributed by atoms with van der Waals surface area (Å²) in [6.07, 6.45) is 1.16. The molecule has 2 aromatic rings. The van der Waals surface area contributed by atoms with Crippen molar-refractivity contribution in [1.82, 2.24) is 9.78 Å². The second kappa shape index (κ2) is 3.98. The number of nitrogens with two attached hydrogens (primary N) is 1. The lowest BCUT2D eigenvalue weighted by Crippen LogP contribution is -2.06. The Balaban J connectivity index is 2.62. The van der Waals surface area contributed by atoms with E-state index in [4.69, 9.17) is 16.1 Å². The van der Waals surface area contributed by atoms with E-state index in [1.54, 1.807) is 24.3 Å². The lowest BCUT2D eigenvalue weighted by atomic mass is 10.2. The molecule has 0 spiro atoms. The molecule has 84 valence electrons. The molecule has 0 unspecified atom stereocenters. The summed E-state index contributed by atoms with van der Waals surface area (Å²) in [6, 6.07) is 8.68. The van der Waals surface area contributed by atoms with Crippen molar-refractivity contribution in [2.24, 2.45) is 0 Å². The number of aromatic nitrogens is 2. The molecule has 0 fully saturated rings. The molecule has 0 aliphatic heterocycles. The van der Waals surface area contributed by atoms with Gasteiger partial charge in [0.15, 0.2) is 0 Å². The number of aromatic carboxylic acids is 1. The number of para-hydroxylation sites is 1. The highest BCUT2D eigenvalue weighted by atomic mass is 16.4. The summed E-state index contributed by atoms with van der Waals surface area (Å²) in [4.78, 5) is 10.8. The van der Waals surface area contributed by atoms with Crippen LogP contribution in [0.3, 0.4) is 0 Å². The van der Waals surface area contributed by atoms with E-state index in [1.807, 2.05) is 6.07 Å². The predicted octanol–water partition coefficient (Wildman–Crippen LogP) is 1.02. The summed E-state index contributed by atoms with van der Waals surface area (Å²) in [7, 11) is 0. The first kappa shape index (κ1) is 10.7. The van der Waals surface area contributed by atoms with Gasteiger partial charge in [-0.2, -0.15) is 10.4 Å². The van der Waals surface area contributed by atoms with E-state index in [-0.39, 0.29) is 11.4 Å². The molecule has 0 aliphatic carbocycles. The Morgan fingerprint density at radius 2 is 2.18 bits per heavy atom. The molecule has 0 radical (unpaired) electrons. The zero-order valence-corrected chi connectivity index (χ0v) is 8.66. The van der Waals surface area contributed by atoms with Crippen molar-refractivity contribution in [3.8, 4) is 11.8 Å². The molecule has 2 rings (SSSR count). The molecule has 1 aromatic heterocycles. The lowest BCUT2D eigenvalue weighted by molar-refractivity contribution is 0.0698. The number of benzene rings is 1. The number of nitrogen functional groups attached to an aromatic ring is 1. The first-order valence-electron chi connectivity index (χ1n) is 4.71. The van der Waals surface area contributed by atoms with E-state index in [0.29, 0.717) is 11.3 Å². The molecule has 0 atom stereocenters. The SMILES string of the molecule is N#Cc1ccccc1-n1ncc(C(=O)O)c1N. The predicted molar refractivity (Wildman–Crippen MR) is 59.7 cm³/mol. The molecule has 0 bridgehead atoms. The third-order valence-corrected chi connectivity index (χ3v) is 2.29. The fraction of sp³-hybridized carbons (Fsp3) is 0. The van der Waals surface area contributed by atoms with Gasteiger partial charge in [0.1, 0.15) is 17.5 Å². The minimum atomic E-state index is -1.15. The van der Waals surface area contributed by atoms with Gasteiger partial charge < -0.3 is 10.8 Å². The molecule has 6 heteroatoms. The van der Waals surface area contributed by atoms with Crippen LogP contribution in [-0.2, 0) is 0 Å². The van der Waals surface area contributed by atoms with Gasteiger partial charge in [0.2, 0.25) is 0 Å². The van der Waals surface area contributed by atoms with Gasteiger partial charge in [-0.1, -0.05) is 12.1 Å². The number of rotatable bonds is 2. The standard InChI is InChI=1S/C11H8N4O2/c12-5-7-3-1-2-4-9(7)15-10(13)8(6-14-15)11(16)17/h1-4,6H,13H2,(H,16,17). The normalized spacial score (nSPS) is 9.82. The van der Waals surface area contributed by atoms with E-state index in [0.717, 1.165) is 6.20 Å². The van der Waals surface area contributed by atoms with Gasteiger partial charge in [-0.3, -0.25) is 0 Å². The Kier molecular flexibility index (Phi) is 2.51. The number of carbonyl (C=O) groups is 1. The number of anilines is 1. The Morgan fingerprint density at radius 1 is 1.47 bits per heavy atom. The maximum atomic E-state index is 10.8. The highest BCUT2D eigenvalue weighted by Crippen LogP contribution is 2.19. The van der Waals surface area contributed by atoms with Crippen molar-refractivity contribution in [3.63, 3.8) is 0 Å². The molecule has 0 saturated heterocycles. The van der Waals surface area contributed by atoms with Crippen LogP contribution in [0.4, 0.5) is 5.82 Å². The Morgan fingerprint density at radius 3 is 2.76 bits per heavy atom. The number of carboxylic acids is 1. The summed E-state index contributed by atoms with van der Waals surface area (Å²) in [6.45, 7) is 0. The van der Waals surface area contributed by atoms with Gasteiger partial charge in [-0.15, -0.1) is 0 Å². The third-order valence-electron chi connectivity index (χ3n) is 2.29. The second-order valence-corrected chi connectivity index (χ2v) is 3.29. The zero-order valence-electron chi connectivity index (χ0n) is 8.66. The van der Waals surface area contributed by atoms with Crippen LogP contribution in [0.1, 0.15) is 15.9 Å². The van der Waals surface area contributed by atoms with E-state index < -0.39 is 5.97 Å². The minimum Gasteiger partial charge on any atom is -0.477 e. The monoisotopic (exact) mass is 228 g/mol. The zero-order chi connectivity index (χ0) is 12.4. The van der Waals surface area contributed by atoms with Crippen LogP contribution >= 0.6 is 0 Å². The average Bonchev–Trinajstić information content (AvgIpc) is 2.71. The number of hydrogen-bond acceptors (Lipinski definition) is 4. The number of nitriles is 1. The van der Waals surface area contributed by atoms with Crippen molar-refractivity contribution in [2.45, 2.75) is 0 Å². The molecule has 3 N–H and O–H groups in total. The van der Waals surface area contributed by atoms with Crippen molar-refractivity contribution in [3.05, 3.63) is 41.6 Å². The van der Waals surface area contributed by atoms with E-state index in [9.17, 15) is 4.79 Å². The van der Waals surface area contributed by atoms with Crippen molar-refractivity contribution >= 4 is 11.8 Å². The largest absolute Gasteiger partial charge is 0.477 e.